The Morgan fingerprint density at radius 3 is 1.86 bits per heavy atom. The average Bonchev–Trinajstić information content (AvgIpc) is 3.46. The van der Waals surface area contributed by atoms with Crippen molar-refractivity contribution in [3.05, 3.63) is 30.6 Å². The summed E-state index contributed by atoms with van der Waals surface area (Å²) in [5.41, 5.74) is -0.443. The predicted octanol–water partition coefficient (Wildman–Crippen LogP) is 8.66. The molecule has 8 nitrogen and oxygen atoms in total. The minimum Gasteiger partial charge on any atom is -0.449 e. The number of hydrogen-bond donors (Lipinski definition) is 2. The van der Waals surface area contributed by atoms with E-state index in [1.807, 2.05) is 35.2 Å². The van der Waals surface area contributed by atoms with E-state index < -0.39 is 19.3 Å². The van der Waals surface area contributed by atoms with Gasteiger partial charge in [-0.2, -0.15) is 0 Å². The Bertz CT molecular complexity index is 850. The van der Waals surface area contributed by atoms with Crippen LogP contribution >= 0.6 is 7.82 Å². The molecule has 1 saturated carbocycles. The third-order valence-electron chi connectivity index (χ3n) is 8.39. The first-order valence-electron chi connectivity index (χ1n) is 16.9. The van der Waals surface area contributed by atoms with E-state index in [1.54, 1.807) is 0 Å². The molecule has 1 aliphatic carbocycles. The van der Waals surface area contributed by atoms with Gasteiger partial charge in [-0.15, -0.1) is 0 Å². The number of carbonyl (C=O) groups is 1. The molecule has 1 amide bonds. The normalized spacial score (nSPS) is 15.9. The van der Waals surface area contributed by atoms with E-state index in [2.05, 4.69) is 12.2 Å². The minimum atomic E-state index is -4.19. The summed E-state index contributed by atoms with van der Waals surface area (Å²) in [5, 5.41) is 2.86. The number of rotatable bonds is 26. The van der Waals surface area contributed by atoms with Crippen LogP contribution in [0.25, 0.3) is 0 Å². The second-order valence-corrected chi connectivity index (χ2v) is 13.7. The molecule has 0 bridgehead atoms. The van der Waals surface area contributed by atoms with E-state index in [0.29, 0.717) is 13.1 Å². The fourth-order valence-electron chi connectivity index (χ4n) is 5.69. The highest BCUT2D eigenvalue weighted by molar-refractivity contribution is 7.47. The maximum atomic E-state index is 12.4. The molecule has 1 heterocycles. The first-order valence-corrected chi connectivity index (χ1v) is 18.4. The predicted molar refractivity (Wildman–Crippen MR) is 168 cm³/mol. The van der Waals surface area contributed by atoms with E-state index in [-0.39, 0.29) is 19.8 Å². The van der Waals surface area contributed by atoms with Gasteiger partial charge in [0, 0.05) is 24.1 Å². The lowest BCUT2D eigenvalue weighted by Crippen LogP contribution is -2.35. The summed E-state index contributed by atoms with van der Waals surface area (Å²) in [7, 11) is -4.19. The number of unbranched alkanes of at least 4 members (excludes halogenated alkanes) is 15. The summed E-state index contributed by atoms with van der Waals surface area (Å²) in [6.07, 6.45) is 28.0. The molecule has 242 valence electrons. The number of aromatic nitrogens is 1. The number of carbonyl (C=O) groups excluding carboxylic acids is 1. The van der Waals surface area contributed by atoms with E-state index in [9.17, 15) is 14.3 Å². The van der Waals surface area contributed by atoms with Crippen LogP contribution in [-0.4, -0.2) is 37.4 Å². The van der Waals surface area contributed by atoms with Gasteiger partial charge in [0.25, 0.3) is 0 Å². The molecule has 1 unspecified atom stereocenters. The monoisotopic (exact) mass is 611 g/mol. The van der Waals surface area contributed by atoms with Crippen LogP contribution in [0.4, 0.5) is 4.79 Å². The molecule has 0 aromatic carbocycles. The quantitative estimate of drug-likeness (QED) is 0.0618. The molecule has 1 aromatic heterocycles. The highest BCUT2D eigenvalue weighted by atomic mass is 31.2. The minimum absolute atomic E-state index is 0.0334. The van der Waals surface area contributed by atoms with Crippen molar-refractivity contribution in [2.45, 2.75) is 142 Å². The lowest BCUT2D eigenvalue weighted by molar-refractivity contribution is -0.697. The van der Waals surface area contributed by atoms with Crippen molar-refractivity contribution in [3.63, 3.8) is 0 Å². The van der Waals surface area contributed by atoms with Crippen molar-refractivity contribution in [3.8, 4) is 0 Å². The summed E-state index contributed by atoms with van der Waals surface area (Å²) < 4.78 is 30.3. The fraction of sp³-hybridized carbons (Fsp3) is 0.818. The van der Waals surface area contributed by atoms with Crippen molar-refractivity contribution in [2.24, 2.45) is 5.41 Å². The van der Waals surface area contributed by atoms with Gasteiger partial charge in [0.15, 0.2) is 18.9 Å². The molecule has 0 spiro atoms. The summed E-state index contributed by atoms with van der Waals surface area (Å²) in [5.74, 6) is 0. The summed E-state index contributed by atoms with van der Waals surface area (Å²) in [6, 6.07) is 5.68. The second kappa shape index (κ2) is 23.0. The molecule has 9 heteroatoms. The van der Waals surface area contributed by atoms with Gasteiger partial charge < -0.3 is 14.9 Å². The second-order valence-electron chi connectivity index (χ2n) is 12.2. The summed E-state index contributed by atoms with van der Waals surface area (Å²) >= 11 is 0. The Hall–Kier alpha value is -1.47. The third-order valence-corrected chi connectivity index (χ3v) is 9.35. The van der Waals surface area contributed by atoms with Gasteiger partial charge in [0.1, 0.15) is 13.2 Å². The van der Waals surface area contributed by atoms with Gasteiger partial charge in [0.05, 0.1) is 6.61 Å². The van der Waals surface area contributed by atoms with Crippen molar-refractivity contribution in [1.29, 1.82) is 0 Å². The Morgan fingerprint density at radius 1 is 0.786 bits per heavy atom. The van der Waals surface area contributed by atoms with Gasteiger partial charge in [-0.3, -0.25) is 9.05 Å². The number of pyridine rings is 1. The Morgan fingerprint density at radius 2 is 1.31 bits per heavy atom. The third kappa shape index (κ3) is 18.3. The number of phosphoric acid groups is 1. The summed E-state index contributed by atoms with van der Waals surface area (Å²) in [4.78, 5) is 22.4. The molecule has 2 N–H and O–H groups in total. The molecular weight excluding hydrogens is 551 g/mol. The Balaban J connectivity index is 1.44. The summed E-state index contributed by atoms with van der Waals surface area (Å²) in [6.45, 7) is 3.61. The SMILES string of the molecule is CCCCCCCCCCCCCCCCCCNC(=O)OCC1(COP(=O)(O)OCC[n+]2ccccc2)CCCC1. The molecule has 1 atom stereocenters. The highest BCUT2D eigenvalue weighted by Crippen LogP contribution is 2.48. The molecule has 1 fully saturated rings. The zero-order chi connectivity index (χ0) is 30.2. The number of phosphoric ester groups is 1. The lowest BCUT2D eigenvalue weighted by atomic mass is 9.88. The van der Waals surface area contributed by atoms with Crippen molar-refractivity contribution < 1.29 is 32.6 Å². The lowest BCUT2D eigenvalue weighted by Gasteiger charge is -2.28. The van der Waals surface area contributed by atoms with Crippen molar-refractivity contribution >= 4 is 13.9 Å². The van der Waals surface area contributed by atoms with Gasteiger partial charge in [-0.1, -0.05) is 122 Å². The zero-order valence-electron chi connectivity index (χ0n) is 26.4. The van der Waals surface area contributed by atoms with Gasteiger partial charge in [-0.05, 0) is 19.3 Å². The first kappa shape index (κ1) is 36.7. The van der Waals surface area contributed by atoms with Crippen LogP contribution in [-0.2, 0) is 24.9 Å². The van der Waals surface area contributed by atoms with Crippen LogP contribution in [0.15, 0.2) is 30.6 Å². The Labute approximate surface area is 255 Å². The highest BCUT2D eigenvalue weighted by Gasteiger charge is 2.38. The van der Waals surface area contributed by atoms with Crippen LogP contribution in [0.3, 0.4) is 0 Å². The van der Waals surface area contributed by atoms with Crippen LogP contribution < -0.4 is 9.88 Å². The molecular formula is C33H60N2O6P+. The van der Waals surface area contributed by atoms with E-state index >= 15 is 0 Å². The van der Waals surface area contributed by atoms with Gasteiger partial charge in [-0.25, -0.2) is 13.9 Å². The average molecular weight is 612 g/mol. The van der Waals surface area contributed by atoms with E-state index in [4.69, 9.17) is 13.8 Å². The number of nitrogens with one attached hydrogen (secondary N) is 1. The molecule has 0 aliphatic heterocycles. The van der Waals surface area contributed by atoms with Crippen LogP contribution in [0.1, 0.15) is 135 Å². The largest absolute Gasteiger partial charge is 0.472 e. The van der Waals surface area contributed by atoms with Crippen LogP contribution in [0.5, 0.6) is 0 Å². The fourth-order valence-corrected chi connectivity index (χ4v) is 6.51. The molecule has 1 aliphatic rings. The van der Waals surface area contributed by atoms with Gasteiger partial charge >= 0.3 is 13.9 Å². The van der Waals surface area contributed by atoms with Crippen molar-refractivity contribution in [2.75, 3.05) is 26.4 Å². The maximum Gasteiger partial charge on any atom is 0.472 e. The van der Waals surface area contributed by atoms with Crippen molar-refractivity contribution in [1.82, 2.24) is 5.32 Å². The maximum absolute atomic E-state index is 12.4. The number of hydrogen-bond acceptors (Lipinski definition) is 5. The molecule has 1 aromatic rings. The van der Waals surface area contributed by atoms with E-state index in [0.717, 1.165) is 38.5 Å². The topological polar surface area (TPSA) is 98.0 Å². The Kier molecular flexibility index (Phi) is 20.1. The first-order chi connectivity index (χ1) is 20.4. The molecule has 2 rings (SSSR count). The van der Waals surface area contributed by atoms with Crippen LogP contribution in [0.2, 0.25) is 0 Å². The van der Waals surface area contributed by atoms with Gasteiger partial charge in [0.2, 0.25) is 0 Å². The van der Waals surface area contributed by atoms with E-state index in [1.165, 1.54) is 89.9 Å². The zero-order valence-corrected chi connectivity index (χ0v) is 27.3. The number of ether oxygens (including phenoxy) is 1. The van der Waals surface area contributed by atoms with Crippen LogP contribution in [0, 0.1) is 5.41 Å². The molecule has 0 radical (unpaired) electrons. The number of alkyl carbamates (subject to hydrolysis) is 1. The molecule has 0 saturated heterocycles. The standard InChI is InChI=1S/C33H59N2O6P/c1-2-3-4-5-6-7-8-9-10-11-12-13-14-15-16-20-25-34-32(36)39-30-33(23-18-19-24-33)31-41-42(37,38)40-29-28-35-26-21-17-22-27-35/h17,21-22,26-27H,2-16,18-20,23-25,28-31H2,1H3,(H-,34,36,37,38)/p+1. The molecule has 42 heavy (non-hydrogen) atoms. The number of nitrogens with zero attached hydrogens (tertiary/aromatic N) is 1. The number of amides is 1. The smallest absolute Gasteiger partial charge is 0.449 e.